The number of hydrogen-bond acceptors (Lipinski definition) is 5. The van der Waals surface area contributed by atoms with E-state index in [1.807, 2.05) is 19.1 Å². The summed E-state index contributed by atoms with van der Waals surface area (Å²) in [4.78, 5) is 32.9. The molecule has 0 unspecified atom stereocenters. The molecule has 28 heavy (non-hydrogen) atoms. The molecule has 2 amide bonds. The zero-order chi connectivity index (χ0) is 19.7. The smallest absolute Gasteiger partial charge is 0.257 e. The number of piperazine rings is 1. The molecule has 8 heteroatoms. The van der Waals surface area contributed by atoms with Crippen LogP contribution in [0.4, 0.5) is 0 Å². The lowest BCUT2D eigenvalue weighted by atomic mass is 10.1. The van der Waals surface area contributed by atoms with Gasteiger partial charge in [-0.3, -0.25) is 9.59 Å². The van der Waals surface area contributed by atoms with Crippen LogP contribution >= 0.6 is 0 Å². The third kappa shape index (κ3) is 3.40. The molecule has 1 aromatic carbocycles. The highest BCUT2D eigenvalue weighted by molar-refractivity contribution is 5.96. The quantitative estimate of drug-likeness (QED) is 0.696. The first kappa shape index (κ1) is 18.0. The van der Waals surface area contributed by atoms with E-state index in [2.05, 4.69) is 10.1 Å². The van der Waals surface area contributed by atoms with Gasteiger partial charge in [0.15, 0.2) is 0 Å². The van der Waals surface area contributed by atoms with Crippen LogP contribution in [0.2, 0.25) is 0 Å². The molecule has 2 aromatic heterocycles. The van der Waals surface area contributed by atoms with Crippen molar-refractivity contribution in [2.75, 3.05) is 26.2 Å². The highest BCUT2D eigenvalue weighted by Crippen LogP contribution is 2.18. The lowest BCUT2D eigenvalue weighted by Gasteiger charge is -2.34. The lowest BCUT2D eigenvalue weighted by Crippen LogP contribution is -2.50. The average Bonchev–Trinajstić information content (AvgIpc) is 3.37. The van der Waals surface area contributed by atoms with Crippen molar-refractivity contribution in [1.82, 2.24) is 24.6 Å². The third-order valence-electron chi connectivity index (χ3n) is 4.92. The number of benzene rings is 1. The maximum Gasteiger partial charge on any atom is 0.257 e. The summed E-state index contributed by atoms with van der Waals surface area (Å²) in [7, 11) is 0. The highest BCUT2D eigenvalue weighted by Gasteiger charge is 2.27. The number of hydrogen-bond donors (Lipinski definition) is 0. The second-order valence-electron chi connectivity index (χ2n) is 6.80. The molecule has 1 aliphatic rings. The summed E-state index contributed by atoms with van der Waals surface area (Å²) in [6.07, 6.45) is 3.07. The monoisotopic (exact) mass is 379 g/mol. The van der Waals surface area contributed by atoms with Crippen molar-refractivity contribution in [3.8, 4) is 5.69 Å². The topological polar surface area (TPSA) is 84.5 Å². The second-order valence-corrected chi connectivity index (χ2v) is 6.80. The number of aryl methyl sites for hydroxylation is 2. The Morgan fingerprint density at radius 1 is 0.964 bits per heavy atom. The summed E-state index contributed by atoms with van der Waals surface area (Å²) in [6.45, 7) is 5.64. The number of aromatic nitrogens is 3. The number of furan rings is 1. The fourth-order valence-electron chi connectivity index (χ4n) is 3.41. The Morgan fingerprint density at radius 2 is 1.61 bits per heavy atom. The highest BCUT2D eigenvalue weighted by atomic mass is 16.3. The van der Waals surface area contributed by atoms with Crippen molar-refractivity contribution < 1.29 is 14.0 Å². The van der Waals surface area contributed by atoms with E-state index in [-0.39, 0.29) is 11.8 Å². The molecule has 1 aliphatic heterocycles. The summed E-state index contributed by atoms with van der Waals surface area (Å²) in [5, 5.41) is 4.07. The molecular weight excluding hydrogens is 358 g/mol. The van der Waals surface area contributed by atoms with Crippen LogP contribution in [0.1, 0.15) is 32.2 Å². The predicted molar refractivity (Wildman–Crippen MR) is 101 cm³/mol. The van der Waals surface area contributed by atoms with E-state index in [1.54, 1.807) is 45.9 Å². The zero-order valence-corrected chi connectivity index (χ0v) is 15.8. The molecule has 0 bridgehead atoms. The Morgan fingerprint density at radius 3 is 2.14 bits per heavy atom. The van der Waals surface area contributed by atoms with E-state index in [4.69, 9.17) is 4.42 Å². The molecule has 8 nitrogen and oxygen atoms in total. The number of nitrogens with zero attached hydrogens (tertiary/aromatic N) is 5. The Kier molecular flexibility index (Phi) is 4.68. The Labute approximate surface area is 162 Å². The fourth-order valence-corrected chi connectivity index (χ4v) is 3.41. The van der Waals surface area contributed by atoms with Crippen LogP contribution in [0.15, 0.2) is 47.4 Å². The molecule has 0 radical (unpaired) electrons. The molecule has 3 heterocycles. The van der Waals surface area contributed by atoms with Gasteiger partial charge in [-0.1, -0.05) is 0 Å². The Hall–Kier alpha value is -3.42. The number of amides is 2. The first-order valence-electron chi connectivity index (χ1n) is 9.13. The van der Waals surface area contributed by atoms with Crippen LogP contribution in [-0.2, 0) is 0 Å². The van der Waals surface area contributed by atoms with Crippen molar-refractivity contribution in [3.05, 3.63) is 65.6 Å². The predicted octanol–water partition coefficient (Wildman–Crippen LogP) is 2.08. The summed E-state index contributed by atoms with van der Waals surface area (Å²) >= 11 is 0. The van der Waals surface area contributed by atoms with Gasteiger partial charge in [0.1, 0.15) is 24.2 Å². The summed E-state index contributed by atoms with van der Waals surface area (Å²) in [5.41, 5.74) is 2.06. The first-order chi connectivity index (χ1) is 13.5. The number of rotatable bonds is 3. The Balaban J connectivity index is 1.38. The molecule has 1 fully saturated rings. The number of carbonyl (C=O) groups is 2. The summed E-state index contributed by atoms with van der Waals surface area (Å²) in [5.74, 6) is 1.28. The standard InChI is InChI=1S/C20H21N5O3/c1-14-11-18(15(2)28-14)20(27)24-9-7-23(8-10-24)19(26)16-3-5-17(6-4-16)25-13-21-12-22-25/h3-6,11-13H,7-10H2,1-2H3. The largest absolute Gasteiger partial charge is 0.466 e. The lowest BCUT2D eigenvalue weighted by molar-refractivity contribution is 0.0534. The van der Waals surface area contributed by atoms with Gasteiger partial charge in [-0.15, -0.1) is 0 Å². The van der Waals surface area contributed by atoms with E-state index in [0.717, 1.165) is 11.4 Å². The van der Waals surface area contributed by atoms with E-state index < -0.39 is 0 Å². The van der Waals surface area contributed by atoms with Gasteiger partial charge in [0.25, 0.3) is 11.8 Å². The maximum atomic E-state index is 12.8. The fraction of sp³-hybridized carbons (Fsp3) is 0.300. The van der Waals surface area contributed by atoms with E-state index in [0.29, 0.717) is 43.1 Å². The van der Waals surface area contributed by atoms with Crippen molar-refractivity contribution in [2.24, 2.45) is 0 Å². The second kappa shape index (κ2) is 7.30. The molecule has 3 aromatic rings. The third-order valence-corrected chi connectivity index (χ3v) is 4.92. The van der Waals surface area contributed by atoms with Crippen LogP contribution in [-0.4, -0.2) is 62.6 Å². The summed E-state index contributed by atoms with van der Waals surface area (Å²) in [6, 6.07) is 9.02. The normalized spacial score (nSPS) is 14.4. The molecule has 0 saturated carbocycles. The molecule has 144 valence electrons. The molecule has 0 N–H and O–H groups in total. The van der Waals surface area contributed by atoms with Crippen molar-refractivity contribution in [2.45, 2.75) is 13.8 Å². The van der Waals surface area contributed by atoms with Crippen LogP contribution in [0.25, 0.3) is 5.69 Å². The first-order valence-corrected chi connectivity index (χ1v) is 9.13. The zero-order valence-electron chi connectivity index (χ0n) is 15.8. The van der Waals surface area contributed by atoms with Crippen LogP contribution in [0, 0.1) is 13.8 Å². The van der Waals surface area contributed by atoms with Crippen LogP contribution in [0.5, 0.6) is 0 Å². The Bertz CT molecular complexity index is 984. The van der Waals surface area contributed by atoms with Gasteiger partial charge in [0.2, 0.25) is 0 Å². The van der Waals surface area contributed by atoms with Gasteiger partial charge in [0, 0.05) is 31.7 Å². The average molecular weight is 379 g/mol. The number of carbonyl (C=O) groups excluding carboxylic acids is 2. The van der Waals surface area contributed by atoms with Crippen molar-refractivity contribution in [1.29, 1.82) is 0 Å². The van der Waals surface area contributed by atoms with Crippen LogP contribution in [0.3, 0.4) is 0 Å². The van der Waals surface area contributed by atoms with E-state index >= 15 is 0 Å². The van der Waals surface area contributed by atoms with Gasteiger partial charge in [-0.2, -0.15) is 5.10 Å². The maximum absolute atomic E-state index is 12.8. The van der Waals surface area contributed by atoms with E-state index in [1.165, 1.54) is 6.33 Å². The van der Waals surface area contributed by atoms with Crippen LogP contribution < -0.4 is 0 Å². The molecule has 4 rings (SSSR count). The van der Waals surface area contributed by atoms with Gasteiger partial charge in [-0.05, 0) is 44.2 Å². The minimum Gasteiger partial charge on any atom is -0.466 e. The minimum absolute atomic E-state index is 0.0347. The molecule has 1 saturated heterocycles. The SMILES string of the molecule is Cc1cc(C(=O)N2CCN(C(=O)c3ccc(-n4cncn4)cc3)CC2)c(C)o1. The van der Waals surface area contributed by atoms with E-state index in [9.17, 15) is 9.59 Å². The molecular formula is C20H21N5O3. The van der Waals surface area contributed by atoms with Gasteiger partial charge < -0.3 is 14.2 Å². The minimum atomic E-state index is -0.0429. The van der Waals surface area contributed by atoms with Crippen molar-refractivity contribution >= 4 is 11.8 Å². The molecule has 0 atom stereocenters. The van der Waals surface area contributed by atoms with Gasteiger partial charge in [0.05, 0.1) is 11.3 Å². The molecule has 0 aliphatic carbocycles. The molecule has 0 spiro atoms. The van der Waals surface area contributed by atoms with Gasteiger partial charge in [-0.25, -0.2) is 9.67 Å². The summed E-state index contributed by atoms with van der Waals surface area (Å²) < 4.78 is 7.10. The van der Waals surface area contributed by atoms with Crippen molar-refractivity contribution in [3.63, 3.8) is 0 Å². The van der Waals surface area contributed by atoms with Gasteiger partial charge >= 0.3 is 0 Å².